The van der Waals surface area contributed by atoms with Crippen molar-refractivity contribution in [3.63, 3.8) is 0 Å². The van der Waals surface area contributed by atoms with E-state index < -0.39 is 0 Å². The van der Waals surface area contributed by atoms with E-state index in [1.165, 1.54) is 25.7 Å². The zero-order chi connectivity index (χ0) is 5.40. The highest BCUT2D eigenvalue weighted by Gasteiger charge is 2.21. The van der Waals surface area contributed by atoms with Crippen LogP contribution in [0.3, 0.4) is 0 Å². The summed E-state index contributed by atoms with van der Waals surface area (Å²) in [4.78, 5) is 0. The molecule has 0 atom stereocenters. The van der Waals surface area contributed by atoms with Crippen molar-refractivity contribution < 1.29 is 0 Å². The van der Waals surface area contributed by atoms with E-state index in [9.17, 15) is 0 Å². The van der Waals surface area contributed by atoms with Crippen molar-refractivity contribution in [2.75, 3.05) is 0 Å². The van der Waals surface area contributed by atoms with Crippen LogP contribution in [0.15, 0.2) is 12.2 Å². The van der Waals surface area contributed by atoms with Gasteiger partial charge in [-0.05, 0) is 37.5 Å². The van der Waals surface area contributed by atoms with Gasteiger partial charge in [0.15, 0.2) is 0 Å². The molecule has 3 aliphatic rings. The fourth-order valence-corrected chi connectivity index (χ4v) is 1.84. The Labute approximate surface area is 50.6 Å². The average molecular weight is 108 g/mol. The normalized spacial score (nSPS) is 43.0. The van der Waals surface area contributed by atoms with E-state index in [1.807, 2.05) is 0 Å². The van der Waals surface area contributed by atoms with E-state index in [1.54, 1.807) is 0 Å². The van der Waals surface area contributed by atoms with Crippen molar-refractivity contribution in [1.29, 1.82) is 0 Å². The fraction of sp³-hybridized carbons (Fsp3) is 0.750. The van der Waals surface area contributed by atoms with Gasteiger partial charge < -0.3 is 0 Å². The third-order valence-electron chi connectivity index (χ3n) is 2.47. The second-order valence-corrected chi connectivity index (χ2v) is 3.06. The molecule has 0 unspecified atom stereocenters. The molecule has 0 N–H and O–H groups in total. The summed E-state index contributed by atoms with van der Waals surface area (Å²) in [5, 5.41) is 0. The monoisotopic (exact) mass is 108 g/mol. The molecule has 0 aliphatic heterocycles. The van der Waals surface area contributed by atoms with Gasteiger partial charge in [-0.2, -0.15) is 0 Å². The lowest BCUT2D eigenvalue weighted by Crippen LogP contribution is -2.16. The molecule has 2 bridgehead atoms. The number of allylic oxidation sites excluding steroid dienone is 2. The summed E-state index contributed by atoms with van der Waals surface area (Å²) in [6.45, 7) is 0. The molecule has 0 aromatic rings. The largest absolute Gasteiger partial charge is 0.0851 e. The van der Waals surface area contributed by atoms with Crippen molar-refractivity contribution in [3.05, 3.63) is 12.2 Å². The van der Waals surface area contributed by atoms with E-state index in [0.717, 1.165) is 11.8 Å². The molecule has 0 aromatic heterocycles. The molecule has 0 saturated heterocycles. The lowest BCUT2D eigenvalue weighted by molar-refractivity contribution is 0.329. The molecule has 0 aromatic carbocycles. The maximum Gasteiger partial charge on any atom is -0.0233 e. The Balaban J connectivity index is 2.20. The minimum absolute atomic E-state index is 0.972. The SMILES string of the molecule is C1=C[C@H]2CC[C@H]1CC2. The zero-order valence-electron chi connectivity index (χ0n) is 5.14. The second-order valence-electron chi connectivity index (χ2n) is 3.06. The summed E-state index contributed by atoms with van der Waals surface area (Å²) in [6, 6.07) is 0. The molecular formula is C8H12. The van der Waals surface area contributed by atoms with Crippen LogP contribution >= 0.6 is 0 Å². The summed E-state index contributed by atoms with van der Waals surface area (Å²) in [6.07, 6.45) is 10.7. The molecule has 1 fully saturated rings. The topological polar surface area (TPSA) is 0 Å². The van der Waals surface area contributed by atoms with Crippen LogP contribution in [0.1, 0.15) is 25.7 Å². The predicted octanol–water partition coefficient (Wildman–Crippen LogP) is 2.36. The lowest BCUT2D eigenvalue weighted by atomic mass is 9.76. The maximum absolute atomic E-state index is 2.41. The molecule has 0 heteroatoms. The van der Waals surface area contributed by atoms with Crippen LogP contribution in [-0.2, 0) is 0 Å². The molecule has 0 amide bonds. The van der Waals surface area contributed by atoms with Crippen LogP contribution in [0.5, 0.6) is 0 Å². The van der Waals surface area contributed by atoms with E-state index in [4.69, 9.17) is 0 Å². The van der Waals surface area contributed by atoms with Gasteiger partial charge in [0.2, 0.25) is 0 Å². The van der Waals surface area contributed by atoms with Gasteiger partial charge in [-0.25, -0.2) is 0 Å². The average Bonchev–Trinajstić information content (AvgIpc) is 1.92. The first kappa shape index (κ1) is 4.60. The van der Waals surface area contributed by atoms with E-state index in [2.05, 4.69) is 12.2 Å². The maximum atomic E-state index is 2.41. The Hall–Kier alpha value is -0.260. The van der Waals surface area contributed by atoms with Crippen LogP contribution in [0, 0.1) is 11.8 Å². The van der Waals surface area contributed by atoms with Gasteiger partial charge in [-0.15, -0.1) is 0 Å². The second kappa shape index (κ2) is 1.61. The van der Waals surface area contributed by atoms with Gasteiger partial charge in [0.05, 0.1) is 0 Å². The van der Waals surface area contributed by atoms with Crippen molar-refractivity contribution in [1.82, 2.24) is 0 Å². The van der Waals surface area contributed by atoms with Crippen LogP contribution < -0.4 is 0 Å². The van der Waals surface area contributed by atoms with Gasteiger partial charge in [0.25, 0.3) is 0 Å². The van der Waals surface area contributed by atoms with Crippen LogP contribution in [-0.4, -0.2) is 0 Å². The third kappa shape index (κ3) is 0.594. The molecule has 44 valence electrons. The van der Waals surface area contributed by atoms with Crippen LogP contribution in [0.2, 0.25) is 0 Å². The Bertz CT molecular complexity index is 91.2. The number of rotatable bonds is 0. The Morgan fingerprint density at radius 1 is 0.750 bits per heavy atom. The molecule has 3 aliphatic carbocycles. The Kier molecular flexibility index (Phi) is 0.927. The van der Waals surface area contributed by atoms with Gasteiger partial charge >= 0.3 is 0 Å². The standard InChI is InChI=1S/C8H12/c1-2-8-5-3-7(1)4-6-8/h1-2,7-8H,3-6H2/t7-,8-. The smallest absolute Gasteiger partial charge is 0.0233 e. The fourth-order valence-electron chi connectivity index (χ4n) is 1.84. The van der Waals surface area contributed by atoms with E-state index in [0.29, 0.717) is 0 Å². The first-order chi connectivity index (χ1) is 3.95. The molecule has 0 spiro atoms. The molecule has 1 saturated carbocycles. The quantitative estimate of drug-likeness (QED) is 0.418. The van der Waals surface area contributed by atoms with Gasteiger partial charge in [-0.1, -0.05) is 12.2 Å². The molecule has 3 rings (SSSR count). The van der Waals surface area contributed by atoms with Crippen molar-refractivity contribution in [2.45, 2.75) is 25.7 Å². The molecule has 0 radical (unpaired) electrons. The van der Waals surface area contributed by atoms with E-state index >= 15 is 0 Å². The minimum atomic E-state index is 0.972. The summed E-state index contributed by atoms with van der Waals surface area (Å²) in [7, 11) is 0. The highest BCUT2D eigenvalue weighted by Crippen LogP contribution is 2.35. The Morgan fingerprint density at radius 3 is 1.25 bits per heavy atom. The molecule has 0 heterocycles. The zero-order valence-corrected chi connectivity index (χ0v) is 5.14. The first-order valence-corrected chi connectivity index (χ1v) is 3.63. The van der Waals surface area contributed by atoms with Crippen LogP contribution in [0.4, 0.5) is 0 Å². The van der Waals surface area contributed by atoms with Crippen molar-refractivity contribution in [3.8, 4) is 0 Å². The Morgan fingerprint density at radius 2 is 1.12 bits per heavy atom. The first-order valence-electron chi connectivity index (χ1n) is 3.63. The van der Waals surface area contributed by atoms with Crippen LogP contribution in [0.25, 0.3) is 0 Å². The molecule has 0 nitrogen and oxygen atoms in total. The summed E-state index contributed by atoms with van der Waals surface area (Å²) in [5.74, 6) is 1.94. The van der Waals surface area contributed by atoms with Crippen molar-refractivity contribution in [2.24, 2.45) is 11.8 Å². The summed E-state index contributed by atoms with van der Waals surface area (Å²) in [5.41, 5.74) is 0. The minimum Gasteiger partial charge on any atom is -0.0851 e. The van der Waals surface area contributed by atoms with Crippen molar-refractivity contribution >= 4 is 0 Å². The highest BCUT2D eigenvalue weighted by atomic mass is 14.3. The molecular weight excluding hydrogens is 96.1 g/mol. The van der Waals surface area contributed by atoms with Gasteiger partial charge in [-0.3, -0.25) is 0 Å². The van der Waals surface area contributed by atoms with Gasteiger partial charge in [0, 0.05) is 0 Å². The summed E-state index contributed by atoms with van der Waals surface area (Å²) < 4.78 is 0. The third-order valence-corrected chi connectivity index (χ3v) is 2.47. The number of hydrogen-bond acceptors (Lipinski definition) is 0. The molecule has 8 heavy (non-hydrogen) atoms. The lowest BCUT2D eigenvalue weighted by Gasteiger charge is -2.29. The predicted molar refractivity (Wildman–Crippen MR) is 34.6 cm³/mol. The number of hydrogen-bond donors (Lipinski definition) is 0. The van der Waals surface area contributed by atoms with Gasteiger partial charge in [0.1, 0.15) is 0 Å². The van der Waals surface area contributed by atoms with E-state index in [-0.39, 0.29) is 0 Å². The highest BCUT2D eigenvalue weighted by molar-refractivity contribution is 5.02. The number of fused-ring (bicyclic) bond motifs is 2. The summed E-state index contributed by atoms with van der Waals surface area (Å²) >= 11 is 0.